The van der Waals surface area contributed by atoms with Gasteiger partial charge in [-0.1, -0.05) is 24.3 Å². The number of rotatable bonds is 6. The third-order valence-electron chi connectivity index (χ3n) is 7.87. The van der Waals surface area contributed by atoms with E-state index in [0.29, 0.717) is 31.0 Å². The summed E-state index contributed by atoms with van der Waals surface area (Å²) in [7, 11) is 0. The number of para-hydroxylation sites is 1. The number of carbonyl (C=O) groups is 2. The summed E-state index contributed by atoms with van der Waals surface area (Å²) in [6.45, 7) is 1.77. The molecule has 0 saturated carbocycles. The summed E-state index contributed by atoms with van der Waals surface area (Å²) in [6.07, 6.45) is 2.84. The van der Waals surface area contributed by atoms with Gasteiger partial charge in [0.1, 0.15) is 17.2 Å². The fourth-order valence-corrected chi connectivity index (χ4v) is 6.54. The first-order chi connectivity index (χ1) is 20.3. The molecule has 0 radical (unpaired) electrons. The van der Waals surface area contributed by atoms with Crippen LogP contribution in [0.3, 0.4) is 0 Å². The standard InChI is InChI=1S/C32H28F2N4O3S/c1-42-28-10-3-2-8-24(28)35-31(40)20-12-13-27(25(15-20)36-32(41)30-22(33)6-4-7-23(30)34)37-16-19-14-21(18-37)26-9-5-11-29(39)38(26)17-19/h2-13,15,19,21H,14,16-18H2,1H3,(H,35,40)(H,36,41). The summed E-state index contributed by atoms with van der Waals surface area (Å²) < 4.78 is 30.8. The fourth-order valence-electron chi connectivity index (χ4n) is 5.99. The van der Waals surface area contributed by atoms with Crippen LogP contribution in [0.25, 0.3) is 0 Å². The number of pyridine rings is 1. The Balaban J connectivity index is 1.36. The van der Waals surface area contributed by atoms with E-state index in [2.05, 4.69) is 15.5 Å². The number of nitrogens with one attached hydrogen (secondary N) is 2. The van der Waals surface area contributed by atoms with Crippen molar-refractivity contribution in [1.82, 2.24) is 4.57 Å². The van der Waals surface area contributed by atoms with Gasteiger partial charge in [0.15, 0.2) is 0 Å². The molecular formula is C32H28F2N4O3S. The van der Waals surface area contributed by atoms with E-state index >= 15 is 0 Å². The molecule has 10 heteroatoms. The Kier molecular flexibility index (Phi) is 7.55. The number of aromatic nitrogens is 1. The van der Waals surface area contributed by atoms with E-state index < -0.39 is 23.1 Å². The molecule has 2 atom stereocenters. The van der Waals surface area contributed by atoms with E-state index in [4.69, 9.17) is 0 Å². The molecule has 42 heavy (non-hydrogen) atoms. The first-order valence-electron chi connectivity index (χ1n) is 13.6. The van der Waals surface area contributed by atoms with Crippen LogP contribution in [0.15, 0.2) is 88.6 Å². The minimum atomic E-state index is -0.980. The maximum Gasteiger partial charge on any atom is 0.261 e. The van der Waals surface area contributed by atoms with Gasteiger partial charge >= 0.3 is 0 Å². The van der Waals surface area contributed by atoms with Crippen molar-refractivity contribution in [3.63, 3.8) is 0 Å². The van der Waals surface area contributed by atoms with Gasteiger partial charge in [0.05, 0.1) is 17.1 Å². The lowest BCUT2D eigenvalue weighted by Gasteiger charge is -2.44. The van der Waals surface area contributed by atoms with E-state index in [1.54, 1.807) is 30.3 Å². The molecule has 1 fully saturated rings. The minimum absolute atomic E-state index is 0.0195. The van der Waals surface area contributed by atoms with Gasteiger partial charge in [-0.25, -0.2) is 8.78 Å². The van der Waals surface area contributed by atoms with Crippen molar-refractivity contribution in [3.8, 4) is 0 Å². The van der Waals surface area contributed by atoms with Gasteiger partial charge in [-0.3, -0.25) is 14.4 Å². The highest BCUT2D eigenvalue weighted by molar-refractivity contribution is 7.98. The molecular weight excluding hydrogens is 558 g/mol. The highest BCUT2D eigenvalue weighted by Crippen LogP contribution is 2.39. The number of benzene rings is 3. The van der Waals surface area contributed by atoms with Gasteiger partial charge in [0, 0.05) is 47.8 Å². The van der Waals surface area contributed by atoms with Gasteiger partial charge in [-0.15, -0.1) is 11.8 Å². The molecule has 214 valence electrons. The number of hydrogen-bond acceptors (Lipinski definition) is 5. The van der Waals surface area contributed by atoms with Crippen LogP contribution >= 0.6 is 11.8 Å². The van der Waals surface area contributed by atoms with E-state index in [1.807, 2.05) is 35.1 Å². The summed E-state index contributed by atoms with van der Waals surface area (Å²) >= 11 is 1.50. The Morgan fingerprint density at radius 2 is 1.57 bits per heavy atom. The summed E-state index contributed by atoms with van der Waals surface area (Å²) in [5.41, 5.74) is 2.06. The number of piperidine rings is 1. The molecule has 2 amide bonds. The summed E-state index contributed by atoms with van der Waals surface area (Å²) in [4.78, 5) is 42.0. The van der Waals surface area contributed by atoms with Crippen molar-refractivity contribution >= 4 is 40.6 Å². The quantitative estimate of drug-likeness (QED) is 0.272. The van der Waals surface area contributed by atoms with Crippen LogP contribution in [-0.2, 0) is 6.54 Å². The first-order valence-corrected chi connectivity index (χ1v) is 14.8. The second-order valence-electron chi connectivity index (χ2n) is 10.5. The van der Waals surface area contributed by atoms with E-state index in [1.165, 1.54) is 23.9 Å². The van der Waals surface area contributed by atoms with Crippen LogP contribution in [0.2, 0.25) is 0 Å². The van der Waals surface area contributed by atoms with Gasteiger partial charge in [0.2, 0.25) is 0 Å². The molecule has 1 saturated heterocycles. The lowest BCUT2D eigenvalue weighted by molar-refractivity contribution is 0.101. The highest BCUT2D eigenvalue weighted by Gasteiger charge is 2.35. The SMILES string of the molecule is CSc1ccccc1NC(=O)c1ccc(N2CC3CC(C2)c2cccc(=O)n2C3)c(NC(=O)c2c(F)cccc2F)c1. The zero-order chi connectivity index (χ0) is 29.4. The third kappa shape index (κ3) is 5.30. The molecule has 2 aliphatic heterocycles. The lowest BCUT2D eigenvalue weighted by Crippen LogP contribution is -2.47. The van der Waals surface area contributed by atoms with E-state index in [0.717, 1.165) is 29.1 Å². The number of fused-ring (bicyclic) bond motifs is 4. The van der Waals surface area contributed by atoms with E-state index in [-0.39, 0.29) is 34.6 Å². The zero-order valence-corrected chi connectivity index (χ0v) is 23.6. The Bertz CT molecular complexity index is 1740. The molecule has 0 spiro atoms. The number of amides is 2. The molecule has 3 aromatic carbocycles. The summed E-state index contributed by atoms with van der Waals surface area (Å²) in [6, 6.07) is 20.9. The molecule has 2 N–H and O–H groups in total. The van der Waals surface area contributed by atoms with Crippen LogP contribution in [-0.4, -0.2) is 35.7 Å². The van der Waals surface area contributed by atoms with Gasteiger partial charge in [0.25, 0.3) is 17.4 Å². The number of hydrogen-bond donors (Lipinski definition) is 2. The second kappa shape index (κ2) is 11.4. The third-order valence-corrected chi connectivity index (χ3v) is 8.67. The minimum Gasteiger partial charge on any atom is -0.369 e. The number of thioether (sulfide) groups is 1. The Labute approximate surface area is 245 Å². The van der Waals surface area contributed by atoms with Crippen LogP contribution in [0.1, 0.15) is 38.7 Å². The molecule has 0 aliphatic carbocycles. The van der Waals surface area contributed by atoms with Crippen molar-refractivity contribution < 1.29 is 18.4 Å². The van der Waals surface area contributed by atoms with Crippen molar-refractivity contribution in [1.29, 1.82) is 0 Å². The molecule has 1 aromatic heterocycles. The predicted octanol–water partition coefficient (Wildman–Crippen LogP) is 5.98. The predicted molar refractivity (Wildman–Crippen MR) is 161 cm³/mol. The van der Waals surface area contributed by atoms with Crippen molar-refractivity contribution in [2.45, 2.75) is 23.8 Å². The first kappa shape index (κ1) is 27.7. The zero-order valence-electron chi connectivity index (χ0n) is 22.8. The number of anilines is 3. The summed E-state index contributed by atoms with van der Waals surface area (Å²) in [5.74, 6) is -3.03. The molecule has 7 nitrogen and oxygen atoms in total. The Hall–Kier alpha value is -4.44. The number of carbonyl (C=O) groups excluding carboxylic acids is 2. The molecule has 2 bridgehead atoms. The van der Waals surface area contributed by atoms with Gasteiger partial charge in [-0.2, -0.15) is 0 Å². The van der Waals surface area contributed by atoms with Crippen LogP contribution in [0.4, 0.5) is 25.8 Å². The molecule has 2 unspecified atom stereocenters. The monoisotopic (exact) mass is 586 g/mol. The van der Waals surface area contributed by atoms with Crippen LogP contribution < -0.4 is 21.1 Å². The molecule has 4 aromatic rings. The largest absolute Gasteiger partial charge is 0.369 e. The van der Waals surface area contributed by atoms with Gasteiger partial charge < -0.3 is 20.1 Å². The van der Waals surface area contributed by atoms with Crippen LogP contribution in [0.5, 0.6) is 0 Å². The topological polar surface area (TPSA) is 83.4 Å². The van der Waals surface area contributed by atoms with Crippen molar-refractivity contribution in [3.05, 3.63) is 118 Å². The fraction of sp³-hybridized carbons (Fsp3) is 0.219. The molecule has 3 heterocycles. The van der Waals surface area contributed by atoms with Crippen molar-refractivity contribution in [2.75, 3.05) is 34.9 Å². The highest BCUT2D eigenvalue weighted by atomic mass is 32.2. The maximum absolute atomic E-state index is 14.5. The van der Waals surface area contributed by atoms with E-state index in [9.17, 15) is 23.2 Å². The average molecular weight is 587 g/mol. The average Bonchev–Trinajstić information content (AvgIpc) is 2.98. The van der Waals surface area contributed by atoms with Gasteiger partial charge in [-0.05, 0) is 67.1 Å². The maximum atomic E-state index is 14.5. The molecule has 6 rings (SSSR count). The Morgan fingerprint density at radius 1 is 0.833 bits per heavy atom. The molecule has 2 aliphatic rings. The number of nitrogens with zero attached hydrogens (tertiary/aromatic N) is 2. The Morgan fingerprint density at radius 3 is 2.36 bits per heavy atom. The normalized spacial score (nSPS) is 17.4. The van der Waals surface area contributed by atoms with Crippen LogP contribution in [0, 0.1) is 17.6 Å². The lowest BCUT2D eigenvalue weighted by atomic mass is 9.83. The van der Waals surface area contributed by atoms with Crippen molar-refractivity contribution in [2.24, 2.45) is 5.92 Å². The smallest absolute Gasteiger partial charge is 0.261 e. The summed E-state index contributed by atoms with van der Waals surface area (Å²) in [5, 5.41) is 5.60. The number of halogens is 2. The second-order valence-corrected chi connectivity index (χ2v) is 11.4.